The maximum absolute atomic E-state index is 4.30. The number of benzene rings is 1. The molecule has 1 aliphatic carbocycles. The van der Waals surface area contributed by atoms with Gasteiger partial charge in [0, 0.05) is 3.57 Å². The minimum atomic E-state index is 0.626. The van der Waals surface area contributed by atoms with Crippen LogP contribution in [0.4, 0.5) is 0 Å². The van der Waals surface area contributed by atoms with Crippen molar-refractivity contribution in [2.75, 3.05) is 0 Å². The van der Waals surface area contributed by atoms with Crippen LogP contribution < -0.4 is 0 Å². The average Bonchev–Trinajstić information content (AvgIpc) is 2.18. The molecule has 0 spiro atoms. The predicted octanol–water partition coefficient (Wildman–Crippen LogP) is 4.83. The Labute approximate surface area is 112 Å². The Bertz CT molecular complexity index is 377. The summed E-state index contributed by atoms with van der Waals surface area (Å²) in [5.41, 5.74) is 2.95. The zero-order valence-electron chi connectivity index (χ0n) is 9.88. The Balaban J connectivity index is 1.98. The highest BCUT2D eigenvalue weighted by atomic mass is 127. The van der Waals surface area contributed by atoms with Crippen molar-refractivity contribution in [2.45, 2.75) is 32.6 Å². The largest absolute Gasteiger partial charge is 0.0993 e. The van der Waals surface area contributed by atoms with E-state index in [-0.39, 0.29) is 0 Å². The summed E-state index contributed by atoms with van der Waals surface area (Å²) in [4.78, 5) is 0. The van der Waals surface area contributed by atoms with Gasteiger partial charge in [0.2, 0.25) is 0 Å². The lowest BCUT2D eigenvalue weighted by atomic mass is 9.75. The SMILES string of the molecule is C=C(C(C)Cc1ccccc1I)C1CCC1. The van der Waals surface area contributed by atoms with Crippen molar-refractivity contribution in [1.29, 1.82) is 0 Å². The molecule has 0 radical (unpaired) electrons. The molecule has 2 rings (SSSR count). The van der Waals surface area contributed by atoms with Gasteiger partial charge in [-0.15, -0.1) is 0 Å². The second-order valence-electron chi connectivity index (χ2n) is 4.90. The van der Waals surface area contributed by atoms with Gasteiger partial charge in [-0.2, -0.15) is 0 Å². The van der Waals surface area contributed by atoms with E-state index in [1.54, 1.807) is 0 Å². The first-order valence-electron chi connectivity index (χ1n) is 6.10. The number of hydrogen-bond acceptors (Lipinski definition) is 0. The van der Waals surface area contributed by atoms with Crippen molar-refractivity contribution in [3.05, 3.63) is 45.6 Å². The molecule has 1 atom stereocenters. The second kappa shape index (κ2) is 5.35. The molecule has 0 aromatic heterocycles. The molecular formula is C15H19I. The van der Waals surface area contributed by atoms with Crippen LogP contribution in [0.25, 0.3) is 0 Å². The number of rotatable bonds is 4. The highest BCUT2D eigenvalue weighted by molar-refractivity contribution is 14.1. The number of halogens is 1. The molecule has 1 aromatic rings. The highest BCUT2D eigenvalue weighted by Crippen LogP contribution is 2.36. The summed E-state index contributed by atoms with van der Waals surface area (Å²) in [6.07, 6.45) is 5.29. The Morgan fingerprint density at radius 2 is 2.12 bits per heavy atom. The third-order valence-electron chi connectivity index (χ3n) is 3.75. The van der Waals surface area contributed by atoms with Crippen LogP contribution in [-0.2, 0) is 6.42 Å². The van der Waals surface area contributed by atoms with E-state index in [9.17, 15) is 0 Å². The Morgan fingerprint density at radius 3 is 2.69 bits per heavy atom. The molecule has 1 aliphatic rings. The highest BCUT2D eigenvalue weighted by Gasteiger charge is 2.23. The lowest BCUT2D eigenvalue weighted by Gasteiger charge is -2.31. The van der Waals surface area contributed by atoms with Gasteiger partial charge >= 0.3 is 0 Å². The first-order valence-corrected chi connectivity index (χ1v) is 7.18. The minimum Gasteiger partial charge on any atom is -0.0993 e. The first kappa shape index (κ1) is 12.2. The molecule has 0 amide bonds. The molecule has 1 aromatic carbocycles. The molecule has 1 fully saturated rings. The minimum absolute atomic E-state index is 0.626. The molecule has 0 heterocycles. The number of hydrogen-bond donors (Lipinski definition) is 0. The Kier molecular flexibility index (Phi) is 4.06. The van der Waals surface area contributed by atoms with E-state index in [0.29, 0.717) is 5.92 Å². The monoisotopic (exact) mass is 326 g/mol. The van der Waals surface area contributed by atoms with Crippen molar-refractivity contribution in [2.24, 2.45) is 11.8 Å². The molecule has 1 heteroatoms. The summed E-state index contributed by atoms with van der Waals surface area (Å²) in [5, 5.41) is 0. The van der Waals surface area contributed by atoms with Gasteiger partial charge in [-0.1, -0.05) is 43.7 Å². The smallest absolute Gasteiger partial charge is 0.0162 e. The van der Waals surface area contributed by atoms with Crippen LogP contribution in [0.5, 0.6) is 0 Å². The van der Waals surface area contributed by atoms with E-state index in [1.165, 1.54) is 34.0 Å². The van der Waals surface area contributed by atoms with Gasteiger partial charge in [0.15, 0.2) is 0 Å². The lowest BCUT2D eigenvalue weighted by Crippen LogP contribution is -2.19. The Morgan fingerprint density at radius 1 is 1.44 bits per heavy atom. The predicted molar refractivity (Wildman–Crippen MR) is 78.5 cm³/mol. The summed E-state index contributed by atoms with van der Waals surface area (Å²) >= 11 is 2.43. The molecule has 1 unspecified atom stereocenters. The van der Waals surface area contributed by atoms with Crippen LogP contribution in [0.3, 0.4) is 0 Å². The van der Waals surface area contributed by atoms with Crippen LogP contribution in [0.1, 0.15) is 31.7 Å². The van der Waals surface area contributed by atoms with Crippen LogP contribution >= 0.6 is 22.6 Å². The van der Waals surface area contributed by atoms with E-state index in [4.69, 9.17) is 0 Å². The summed E-state index contributed by atoms with van der Waals surface area (Å²) in [7, 11) is 0. The van der Waals surface area contributed by atoms with Gasteiger partial charge in [0.1, 0.15) is 0 Å². The van der Waals surface area contributed by atoms with Gasteiger partial charge in [-0.3, -0.25) is 0 Å². The average molecular weight is 326 g/mol. The van der Waals surface area contributed by atoms with E-state index >= 15 is 0 Å². The van der Waals surface area contributed by atoms with Crippen molar-refractivity contribution in [3.63, 3.8) is 0 Å². The van der Waals surface area contributed by atoms with Crippen molar-refractivity contribution >= 4 is 22.6 Å². The normalized spacial score (nSPS) is 17.9. The third kappa shape index (κ3) is 2.68. The Hall–Kier alpha value is -0.310. The second-order valence-corrected chi connectivity index (χ2v) is 6.06. The fourth-order valence-electron chi connectivity index (χ4n) is 2.31. The van der Waals surface area contributed by atoms with E-state index in [2.05, 4.69) is 60.4 Å². The molecule has 0 saturated heterocycles. The molecule has 86 valence electrons. The van der Waals surface area contributed by atoms with E-state index in [1.807, 2.05) is 0 Å². The molecular weight excluding hydrogens is 307 g/mol. The van der Waals surface area contributed by atoms with E-state index in [0.717, 1.165) is 12.3 Å². The molecule has 0 aliphatic heterocycles. The van der Waals surface area contributed by atoms with Gasteiger partial charge < -0.3 is 0 Å². The molecule has 0 nitrogen and oxygen atoms in total. The zero-order chi connectivity index (χ0) is 11.5. The van der Waals surface area contributed by atoms with Crippen LogP contribution in [0.2, 0.25) is 0 Å². The third-order valence-corrected chi connectivity index (χ3v) is 4.80. The van der Waals surface area contributed by atoms with Gasteiger partial charge in [0.25, 0.3) is 0 Å². The quantitative estimate of drug-likeness (QED) is 0.549. The van der Waals surface area contributed by atoms with Gasteiger partial charge in [0.05, 0.1) is 0 Å². The molecule has 16 heavy (non-hydrogen) atoms. The van der Waals surface area contributed by atoms with Crippen LogP contribution in [-0.4, -0.2) is 0 Å². The summed E-state index contributed by atoms with van der Waals surface area (Å²) in [6.45, 7) is 6.62. The van der Waals surface area contributed by atoms with Crippen molar-refractivity contribution in [3.8, 4) is 0 Å². The zero-order valence-corrected chi connectivity index (χ0v) is 12.0. The standard InChI is InChI=1S/C15H19I/c1-11(12(2)13-7-5-8-13)10-14-6-3-4-9-15(14)16/h3-4,6,9,11,13H,2,5,7-8,10H2,1H3. The van der Waals surface area contributed by atoms with Crippen LogP contribution in [0.15, 0.2) is 36.4 Å². The summed E-state index contributed by atoms with van der Waals surface area (Å²) in [6, 6.07) is 8.67. The lowest BCUT2D eigenvalue weighted by molar-refractivity contribution is 0.340. The molecule has 0 N–H and O–H groups in total. The maximum Gasteiger partial charge on any atom is 0.0162 e. The first-order chi connectivity index (χ1) is 7.68. The van der Waals surface area contributed by atoms with Crippen LogP contribution in [0, 0.1) is 15.4 Å². The van der Waals surface area contributed by atoms with Crippen molar-refractivity contribution in [1.82, 2.24) is 0 Å². The summed E-state index contributed by atoms with van der Waals surface area (Å²) < 4.78 is 1.38. The molecule has 0 bridgehead atoms. The summed E-state index contributed by atoms with van der Waals surface area (Å²) in [5.74, 6) is 1.44. The van der Waals surface area contributed by atoms with Gasteiger partial charge in [-0.05, 0) is 65.3 Å². The molecule has 1 saturated carbocycles. The van der Waals surface area contributed by atoms with E-state index < -0.39 is 0 Å². The maximum atomic E-state index is 4.30. The fourth-order valence-corrected chi connectivity index (χ4v) is 2.91. The number of allylic oxidation sites excluding steroid dienone is 1. The van der Waals surface area contributed by atoms with Gasteiger partial charge in [-0.25, -0.2) is 0 Å². The van der Waals surface area contributed by atoms with Crippen molar-refractivity contribution < 1.29 is 0 Å². The fraction of sp³-hybridized carbons (Fsp3) is 0.467. The topological polar surface area (TPSA) is 0 Å².